The summed E-state index contributed by atoms with van der Waals surface area (Å²) in [5.74, 6) is -0.730. The van der Waals surface area contributed by atoms with E-state index in [2.05, 4.69) is 9.72 Å². The van der Waals surface area contributed by atoms with Crippen LogP contribution in [0.3, 0.4) is 0 Å². The van der Waals surface area contributed by atoms with Gasteiger partial charge in [0.15, 0.2) is 0 Å². The number of likely N-dealkylation sites (tertiary alicyclic amines) is 1. The third kappa shape index (κ3) is 6.60. The number of benzene rings is 2. The van der Waals surface area contributed by atoms with Gasteiger partial charge >= 0.3 is 6.36 Å². The smallest absolute Gasteiger partial charge is 0.489 e. The van der Waals surface area contributed by atoms with Crippen molar-refractivity contribution in [2.45, 2.75) is 32.2 Å². The third-order valence-electron chi connectivity index (χ3n) is 6.22. The number of carbonyl (C=O) groups excluding carboxylic acids is 2. The van der Waals surface area contributed by atoms with E-state index in [0.29, 0.717) is 36.5 Å². The summed E-state index contributed by atoms with van der Waals surface area (Å²) in [6, 6.07) is 10.5. The summed E-state index contributed by atoms with van der Waals surface area (Å²) in [6.07, 6.45) is -0.893. The number of amides is 2. The number of ether oxygens (including phenoxy) is 2. The highest BCUT2D eigenvalue weighted by molar-refractivity contribution is 5.97. The van der Waals surface area contributed by atoms with Crippen LogP contribution in [0.4, 0.5) is 13.2 Å². The molecule has 1 aliphatic rings. The second-order valence-electron chi connectivity index (χ2n) is 9.13. The van der Waals surface area contributed by atoms with E-state index < -0.39 is 12.3 Å². The van der Waals surface area contributed by atoms with Crippen molar-refractivity contribution in [3.05, 3.63) is 66.1 Å². The molecule has 3 aromatic rings. The Morgan fingerprint density at radius 3 is 2.49 bits per heavy atom. The number of aromatic nitrogens is 2. The van der Waals surface area contributed by atoms with Gasteiger partial charge in [-0.25, -0.2) is 4.98 Å². The molecule has 1 fully saturated rings. The summed E-state index contributed by atoms with van der Waals surface area (Å²) in [5.41, 5.74) is 7.92. The number of halogens is 3. The second kappa shape index (κ2) is 10.5. The fourth-order valence-electron chi connectivity index (χ4n) is 4.33. The van der Waals surface area contributed by atoms with Crippen LogP contribution in [0.1, 0.15) is 29.3 Å². The van der Waals surface area contributed by atoms with Crippen LogP contribution in [-0.2, 0) is 18.3 Å². The lowest BCUT2D eigenvalue weighted by Gasteiger charge is -2.37. The van der Waals surface area contributed by atoms with Crippen molar-refractivity contribution < 1.29 is 32.2 Å². The highest BCUT2D eigenvalue weighted by Crippen LogP contribution is 2.30. The van der Waals surface area contributed by atoms with E-state index in [0.717, 1.165) is 5.56 Å². The lowest BCUT2D eigenvalue weighted by atomic mass is 9.95. The van der Waals surface area contributed by atoms with E-state index in [4.69, 9.17) is 10.5 Å². The molecule has 8 nitrogen and oxygen atoms in total. The number of hydrogen-bond donors (Lipinski definition) is 1. The van der Waals surface area contributed by atoms with Gasteiger partial charge in [-0.1, -0.05) is 19.1 Å². The summed E-state index contributed by atoms with van der Waals surface area (Å²) in [7, 11) is 1.85. The normalized spacial score (nSPS) is 17.9. The largest absolute Gasteiger partial charge is 0.573 e. The molecule has 1 saturated heterocycles. The predicted octanol–water partition coefficient (Wildman–Crippen LogP) is 3.94. The van der Waals surface area contributed by atoms with E-state index in [1.807, 2.05) is 26.2 Å². The van der Waals surface area contributed by atoms with Gasteiger partial charge in [0, 0.05) is 44.2 Å². The molecule has 2 heterocycles. The first-order valence-electron chi connectivity index (χ1n) is 11.7. The van der Waals surface area contributed by atoms with Gasteiger partial charge in [0.25, 0.3) is 5.91 Å². The maximum atomic E-state index is 12.8. The molecule has 2 amide bonds. The van der Waals surface area contributed by atoms with Crippen molar-refractivity contribution in [2.75, 3.05) is 13.1 Å². The van der Waals surface area contributed by atoms with Gasteiger partial charge in [-0.2, -0.15) is 0 Å². The lowest BCUT2D eigenvalue weighted by molar-refractivity contribution is -0.274. The summed E-state index contributed by atoms with van der Waals surface area (Å²) in [6.45, 7) is 2.84. The van der Waals surface area contributed by atoms with E-state index in [-0.39, 0.29) is 35.7 Å². The van der Waals surface area contributed by atoms with Gasteiger partial charge in [0.2, 0.25) is 5.91 Å². The maximum absolute atomic E-state index is 12.8. The topological polar surface area (TPSA) is 99.7 Å². The Labute approximate surface area is 211 Å². The molecule has 2 unspecified atom stereocenters. The Balaban J connectivity index is 1.37. The number of alkyl halides is 3. The molecular formula is C26H27F3N4O4. The average Bonchev–Trinajstić information content (AvgIpc) is 3.27. The highest BCUT2D eigenvalue weighted by atomic mass is 19.4. The van der Waals surface area contributed by atoms with Gasteiger partial charge < -0.3 is 24.7 Å². The number of aryl methyl sites for hydroxylation is 1. The van der Waals surface area contributed by atoms with Gasteiger partial charge in [-0.15, -0.1) is 13.2 Å². The zero-order chi connectivity index (χ0) is 26.7. The molecule has 196 valence electrons. The first kappa shape index (κ1) is 26.1. The number of primary amides is 1. The van der Waals surface area contributed by atoms with Gasteiger partial charge in [0.1, 0.15) is 17.6 Å². The van der Waals surface area contributed by atoms with Crippen LogP contribution in [-0.4, -0.2) is 51.8 Å². The number of piperidine rings is 1. The molecular weight excluding hydrogens is 489 g/mol. The van der Waals surface area contributed by atoms with Crippen LogP contribution in [0.2, 0.25) is 0 Å². The molecule has 0 spiro atoms. The molecule has 4 rings (SSSR count). The van der Waals surface area contributed by atoms with Crippen LogP contribution in [0.5, 0.6) is 11.5 Å². The molecule has 0 saturated carbocycles. The maximum Gasteiger partial charge on any atom is 0.573 e. The first-order chi connectivity index (χ1) is 17.5. The van der Waals surface area contributed by atoms with E-state index in [1.165, 1.54) is 24.3 Å². The Morgan fingerprint density at radius 1 is 1.16 bits per heavy atom. The Hall–Kier alpha value is -4.02. The fourth-order valence-corrected chi connectivity index (χ4v) is 4.33. The molecule has 11 heteroatoms. The zero-order valence-corrected chi connectivity index (χ0v) is 20.4. The highest BCUT2D eigenvalue weighted by Gasteiger charge is 2.32. The fraction of sp³-hybridized carbons (Fsp3) is 0.346. The molecule has 0 radical (unpaired) electrons. The van der Waals surface area contributed by atoms with Gasteiger partial charge in [-0.05, 0) is 35.9 Å². The first-order valence-corrected chi connectivity index (χ1v) is 11.7. The minimum Gasteiger partial charge on any atom is -0.489 e. The molecule has 0 bridgehead atoms. The Bertz CT molecular complexity index is 1270. The molecule has 2 aromatic carbocycles. The lowest BCUT2D eigenvalue weighted by Crippen LogP contribution is -2.47. The van der Waals surface area contributed by atoms with Crippen molar-refractivity contribution in [3.63, 3.8) is 0 Å². The monoisotopic (exact) mass is 516 g/mol. The second-order valence-corrected chi connectivity index (χ2v) is 9.13. The number of rotatable bonds is 7. The van der Waals surface area contributed by atoms with Crippen molar-refractivity contribution in [2.24, 2.45) is 18.7 Å². The van der Waals surface area contributed by atoms with Crippen LogP contribution in [0.25, 0.3) is 11.3 Å². The summed E-state index contributed by atoms with van der Waals surface area (Å²) in [5, 5.41) is 0. The van der Waals surface area contributed by atoms with E-state index in [1.54, 1.807) is 27.9 Å². The minimum absolute atomic E-state index is 0.0311. The van der Waals surface area contributed by atoms with Crippen LogP contribution >= 0.6 is 0 Å². The van der Waals surface area contributed by atoms with Crippen LogP contribution < -0.4 is 15.2 Å². The predicted molar refractivity (Wildman–Crippen MR) is 129 cm³/mol. The number of nitrogens with two attached hydrogens (primary N) is 1. The molecule has 37 heavy (non-hydrogen) atoms. The molecule has 1 aromatic heterocycles. The number of imidazole rings is 1. The van der Waals surface area contributed by atoms with Crippen molar-refractivity contribution >= 4 is 11.8 Å². The quantitative estimate of drug-likeness (QED) is 0.513. The average molecular weight is 517 g/mol. The SMILES string of the molecule is CC1CN(C(=O)Cc2ccc(OC(F)(F)F)cc2)CCC1Oc1ccc(-c2cn(C)cn2)cc1C(N)=O. The number of carbonyl (C=O) groups is 2. The van der Waals surface area contributed by atoms with Crippen LogP contribution in [0, 0.1) is 5.92 Å². The summed E-state index contributed by atoms with van der Waals surface area (Å²) in [4.78, 5) is 31.0. The standard InChI is InChI=1S/C26H27F3N4O4/c1-16-13-33(24(34)11-17-3-6-19(7-4-17)37-26(27,28)29)10-9-22(16)36-23-8-5-18(12-20(23)25(30)35)21-14-32(2)15-31-21/h3-8,12,14-16,22H,9-11,13H2,1-2H3,(H2,30,35). The van der Waals surface area contributed by atoms with Crippen LogP contribution in [0.15, 0.2) is 55.0 Å². The number of hydrogen-bond acceptors (Lipinski definition) is 5. The van der Waals surface area contributed by atoms with E-state index >= 15 is 0 Å². The molecule has 0 aliphatic carbocycles. The Kier molecular flexibility index (Phi) is 7.42. The van der Waals surface area contributed by atoms with Crippen molar-refractivity contribution in [1.82, 2.24) is 14.5 Å². The summed E-state index contributed by atoms with van der Waals surface area (Å²) < 4.78 is 48.8. The Morgan fingerprint density at radius 2 is 1.89 bits per heavy atom. The van der Waals surface area contributed by atoms with Crippen molar-refractivity contribution in [1.29, 1.82) is 0 Å². The molecule has 2 atom stereocenters. The zero-order valence-electron chi connectivity index (χ0n) is 20.4. The van der Waals surface area contributed by atoms with Crippen molar-refractivity contribution in [3.8, 4) is 22.8 Å². The molecule has 2 N–H and O–H groups in total. The van der Waals surface area contributed by atoms with Gasteiger partial charge in [-0.3, -0.25) is 9.59 Å². The van der Waals surface area contributed by atoms with E-state index in [9.17, 15) is 22.8 Å². The summed E-state index contributed by atoms with van der Waals surface area (Å²) >= 11 is 0. The molecule has 1 aliphatic heterocycles. The van der Waals surface area contributed by atoms with Gasteiger partial charge in [0.05, 0.1) is 24.0 Å². The minimum atomic E-state index is -4.76. The number of nitrogens with zero attached hydrogens (tertiary/aromatic N) is 3. The third-order valence-corrected chi connectivity index (χ3v) is 6.22.